The number of aromatic nitrogens is 1. The highest BCUT2D eigenvalue weighted by molar-refractivity contribution is 6.12. The molecule has 2 aromatic carbocycles. The highest BCUT2D eigenvalue weighted by Gasteiger charge is 2.35. The van der Waals surface area contributed by atoms with Gasteiger partial charge in [-0.3, -0.25) is 9.59 Å². The van der Waals surface area contributed by atoms with Gasteiger partial charge in [-0.2, -0.15) is 0 Å². The number of H-pyrrole nitrogens is 1. The standard InChI is InChI=1S/C32H43N3O3/c1-5-7-11-22(6-2)19-35-27-15-14-26(28(37)16-23-12-9-8-10-13-23)30-29(27)24(18-33-30)17-25(20-36)34-32(38)31(35)21(3)4/h8-10,12-15,18,21-22,25,31,33,36H,5-7,11,16-17,19-20H2,1-4H3,(H,34,38)/t22?,25-,31-/m0/s1. The molecule has 0 spiro atoms. The van der Waals surface area contributed by atoms with Gasteiger partial charge in [0.25, 0.3) is 0 Å². The van der Waals surface area contributed by atoms with Crippen LogP contribution in [0.25, 0.3) is 10.9 Å². The van der Waals surface area contributed by atoms with Gasteiger partial charge in [0, 0.05) is 35.8 Å². The predicted octanol–water partition coefficient (Wildman–Crippen LogP) is 5.67. The van der Waals surface area contributed by atoms with Crippen LogP contribution in [0.3, 0.4) is 0 Å². The topological polar surface area (TPSA) is 85.4 Å². The van der Waals surface area contributed by atoms with Gasteiger partial charge in [-0.1, -0.05) is 77.3 Å². The second kappa shape index (κ2) is 12.6. The molecule has 3 N–H and O–H groups in total. The first-order chi connectivity index (χ1) is 18.4. The second-order valence-corrected chi connectivity index (χ2v) is 11.1. The fourth-order valence-corrected chi connectivity index (χ4v) is 5.88. The number of hydrogen-bond donors (Lipinski definition) is 3. The summed E-state index contributed by atoms with van der Waals surface area (Å²) in [5, 5.41) is 14.3. The summed E-state index contributed by atoms with van der Waals surface area (Å²) >= 11 is 0. The van der Waals surface area contributed by atoms with E-state index in [1.54, 1.807) is 0 Å². The van der Waals surface area contributed by atoms with Crippen molar-refractivity contribution in [3.8, 4) is 0 Å². The van der Waals surface area contributed by atoms with Gasteiger partial charge in [0.1, 0.15) is 6.04 Å². The van der Waals surface area contributed by atoms with Gasteiger partial charge in [-0.15, -0.1) is 0 Å². The third kappa shape index (κ3) is 5.96. The molecule has 1 aliphatic heterocycles. The number of nitrogens with zero attached hydrogens (tertiary/aromatic N) is 1. The molecule has 6 nitrogen and oxygen atoms in total. The maximum atomic E-state index is 13.7. The molecule has 38 heavy (non-hydrogen) atoms. The average molecular weight is 518 g/mol. The van der Waals surface area contributed by atoms with Gasteiger partial charge in [-0.25, -0.2) is 0 Å². The van der Waals surface area contributed by atoms with Gasteiger partial charge in [0.15, 0.2) is 5.78 Å². The number of aliphatic hydroxyl groups excluding tert-OH is 1. The molecule has 0 bridgehead atoms. The van der Waals surface area contributed by atoms with Gasteiger partial charge in [0.05, 0.1) is 18.2 Å². The van der Waals surface area contributed by atoms with E-state index in [1.807, 2.05) is 48.7 Å². The number of rotatable bonds is 11. The Hall–Kier alpha value is -3.12. The first-order valence-electron chi connectivity index (χ1n) is 14.3. The van der Waals surface area contributed by atoms with Gasteiger partial charge < -0.3 is 20.3 Å². The Morgan fingerprint density at radius 3 is 2.55 bits per heavy atom. The number of anilines is 1. The van der Waals surface area contributed by atoms with Gasteiger partial charge >= 0.3 is 0 Å². The minimum atomic E-state index is -0.388. The molecule has 0 radical (unpaired) electrons. The fraction of sp³-hybridized carbons (Fsp3) is 0.500. The summed E-state index contributed by atoms with van der Waals surface area (Å²) < 4.78 is 0. The number of amides is 1. The molecular weight excluding hydrogens is 474 g/mol. The van der Waals surface area contributed by atoms with E-state index in [-0.39, 0.29) is 36.3 Å². The normalized spacial score (nSPS) is 18.7. The Balaban J connectivity index is 1.86. The molecule has 4 rings (SSSR count). The average Bonchev–Trinajstić information content (AvgIpc) is 3.34. The van der Waals surface area contributed by atoms with Crippen LogP contribution in [0.1, 0.15) is 74.9 Å². The van der Waals surface area contributed by atoms with Crippen LogP contribution in [0.5, 0.6) is 0 Å². The molecule has 1 unspecified atom stereocenters. The zero-order valence-electron chi connectivity index (χ0n) is 23.3. The van der Waals surface area contributed by atoms with E-state index in [4.69, 9.17) is 0 Å². The number of ketones is 1. The lowest BCUT2D eigenvalue weighted by Gasteiger charge is -2.38. The second-order valence-electron chi connectivity index (χ2n) is 11.1. The van der Waals surface area contributed by atoms with Crippen LogP contribution in [0, 0.1) is 11.8 Å². The molecule has 2 heterocycles. The van der Waals surface area contributed by atoms with E-state index in [0.717, 1.165) is 59.9 Å². The molecule has 3 aromatic rings. The van der Waals surface area contributed by atoms with Crippen LogP contribution < -0.4 is 10.2 Å². The van der Waals surface area contributed by atoms with Crippen molar-refractivity contribution in [2.24, 2.45) is 11.8 Å². The molecule has 3 atom stereocenters. The largest absolute Gasteiger partial charge is 0.394 e. The molecule has 6 heteroatoms. The number of Topliss-reactive ketones (excluding diaryl/α,β-unsaturated/α-hetero) is 1. The van der Waals surface area contributed by atoms with Crippen molar-refractivity contribution in [3.05, 3.63) is 65.4 Å². The minimum absolute atomic E-state index is 0.0455. The van der Waals surface area contributed by atoms with E-state index in [2.05, 4.69) is 42.9 Å². The van der Waals surface area contributed by atoms with Crippen molar-refractivity contribution >= 4 is 28.3 Å². The van der Waals surface area contributed by atoms with Crippen molar-refractivity contribution in [1.82, 2.24) is 10.3 Å². The molecule has 0 aliphatic carbocycles. The molecule has 1 aliphatic rings. The quantitative estimate of drug-likeness (QED) is 0.286. The minimum Gasteiger partial charge on any atom is -0.394 e. The molecule has 204 valence electrons. The summed E-state index contributed by atoms with van der Waals surface area (Å²) in [5.74, 6) is 0.532. The van der Waals surface area contributed by atoms with Crippen LogP contribution in [0.15, 0.2) is 48.7 Å². The fourth-order valence-electron chi connectivity index (χ4n) is 5.88. The predicted molar refractivity (Wildman–Crippen MR) is 155 cm³/mol. The number of aromatic amines is 1. The van der Waals surface area contributed by atoms with E-state index >= 15 is 0 Å². The SMILES string of the molecule is CCCCC(CC)CN1c2ccc(C(=O)Cc3ccccc3)c3[nH]cc(c23)C[C@@H](CO)NC(=O)[C@@H]1C(C)C. The number of carbonyl (C=O) groups is 2. The third-order valence-corrected chi connectivity index (χ3v) is 7.98. The first-order valence-corrected chi connectivity index (χ1v) is 14.3. The molecule has 1 amide bonds. The number of nitrogens with one attached hydrogen (secondary N) is 2. The van der Waals surface area contributed by atoms with Crippen molar-refractivity contribution in [3.63, 3.8) is 0 Å². The van der Waals surface area contributed by atoms with Crippen LogP contribution in [0.2, 0.25) is 0 Å². The number of hydrogen-bond acceptors (Lipinski definition) is 4. The monoisotopic (exact) mass is 517 g/mol. The Bertz CT molecular complexity index is 1230. The zero-order chi connectivity index (χ0) is 27.2. The van der Waals surface area contributed by atoms with Crippen LogP contribution in [-0.2, 0) is 17.6 Å². The van der Waals surface area contributed by atoms with E-state index < -0.39 is 0 Å². The highest BCUT2D eigenvalue weighted by atomic mass is 16.3. The van der Waals surface area contributed by atoms with Crippen molar-refractivity contribution in [2.75, 3.05) is 18.1 Å². The molecule has 0 saturated carbocycles. The number of carbonyl (C=O) groups excluding carboxylic acids is 2. The van der Waals surface area contributed by atoms with Crippen molar-refractivity contribution in [2.45, 2.75) is 78.3 Å². The summed E-state index contributed by atoms with van der Waals surface area (Å²) in [5.41, 5.74) is 4.47. The summed E-state index contributed by atoms with van der Waals surface area (Å²) in [4.78, 5) is 32.9. The van der Waals surface area contributed by atoms with E-state index in [9.17, 15) is 14.7 Å². The Labute approximate surface area is 226 Å². The lowest BCUT2D eigenvalue weighted by molar-refractivity contribution is -0.124. The molecule has 0 fully saturated rings. The number of aliphatic hydroxyl groups is 1. The lowest BCUT2D eigenvalue weighted by Crippen LogP contribution is -2.54. The number of benzene rings is 2. The summed E-state index contributed by atoms with van der Waals surface area (Å²) in [6.07, 6.45) is 7.24. The molecule has 0 saturated heterocycles. The van der Waals surface area contributed by atoms with Gasteiger partial charge in [0.2, 0.25) is 5.91 Å². The van der Waals surface area contributed by atoms with E-state index in [1.165, 1.54) is 0 Å². The summed E-state index contributed by atoms with van der Waals surface area (Å²) in [6.45, 7) is 9.25. The highest BCUT2D eigenvalue weighted by Crippen LogP contribution is 2.37. The summed E-state index contributed by atoms with van der Waals surface area (Å²) in [6, 6.07) is 13.0. The maximum Gasteiger partial charge on any atom is 0.243 e. The van der Waals surface area contributed by atoms with Crippen LogP contribution >= 0.6 is 0 Å². The Morgan fingerprint density at radius 1 is 1.13 bits per heavy atom. The number of unbranched alkanes of at least 4 members (excludes halogenated alkanes) is 1. The maximum absolute atomic E-state index is 13.7. The Morgan fingerprint density at radius 2 is 1.89 bits per heavy atom. The molecular formula is C32H43N3O3. The Kier molecular flexibility index (Phi) is 9.26. The first kappa shape index (κ1) is 27.9. The van der Waals surface area contributed by atoms with Crippen LogP contribution in [0.4, 0.5) is 5.69 Å². The summed E-state index contributed by atoms with van der Waals surface area (Å²) in [7, 11) is 0. The third-order valence-electron chi connectivity index (χ3n) is 7.98. The smallest absolute Gasteiger partial charge is 0.243 e. The van der Waals surface area contributed by atoms with Gasteiger partial charge in [-0.05, 0) is 47.9 Å². The van der Waals surface area contributed by atoms with Crippen molar-refractivity contribution < 1.29 is 14.7 Å². The van der Waals surface area contributed by atoms with Crippen molar-refractivity contribution in [1.29, 1.82) is 0 Å². The lowest BCUT2D eigenvalue weighted by atomic mass is 9.93. The van der Waals surface area contributed by atoms with Crippen LogP contribution in [-0.4, -0.2) is 47.0 Å². The molecule has 1 aromatic heterocycles. The zero-order valence-corrected chi connectivity index (χ0v) is 23.3. The van der Waals surface area contributed by atoms with E-state index in [0.29, 0.717) is 24.3 Å².